The summed E-state index contributed by atoms with van der Waals surface area (Å²) in [5.74, 6) is 0. The van der Waals surface area contributed by atoms with E-state index in [1.807, 2.05) is 64.1 Å². The summed E-state index contributed by atoms with van der Waals surface area (Å²) in [6.45, 7) is 11.8. The van der Waals surface area contributed by atoms with Crippen LogP contribution < -0.4 is 5.32 Å². The molecular formula is C14H21N. The number of hydrogen-bond acceptors (Lipinski definition) is 1. The van der Waals surface area contributed by atoms with Gasteiger partial charge in [0.2, 0.25) is 0 Å². The van der Waals surface area contributed by atoms with Gasteiger partial charge in [0.15, 0.2) is 0 Å². The minimum Gasteiger partial charge on any atom is -0.359 e. The van der Waals surface area contributed by atoms with Gasteiger partial charge in [-0.3, -0.25) is 0 Å². The zero-order valence-corrected chi connectivity index (χ0v) is 10.2. The second kappa shape index (κ2) is 7.86. The molecule has 0 aromatic heterocycles. The molecule has 1 N–H and O–H groups in total. The number of benzene rings is 1. The highest BCUT2D eigenvalue weighted by Crippen LogP contribution is 2.11. The molecule has 0 spiro atoms. The van der Waals surface area contributed by atoms with Gasteiger partial charge < -0.3 is 5.32 Å². The van der Waals surface area contributed by atoms with E-state index in [9.17, 15) is 0 Å². The number of allylic oxidation sites excluding steroid dienone is 3. The van der Waals surface area contributed by atoms with Gasteiger partial charge in [0.05, 0.1) is 0 Å². The third-order valence-electron chi connectivity index (χ3n) is 2.00. The Kier molecular flexibility index (Phi) is 7.08. The Balaban J connectivity index is 0.000000921. The molecule has 0 radical (unpaired) electrons. The van der Waals surface area contributed by atoms with E-state index in [-0.39, 0.29) is 0 Å². The van der Waals surface area contributed by atoms with E-state index in [4.69, 9.17) is 0 Å². The van der Waals surface area contributed by atoms with Gasteiger partial charge in [0, 0.05) is 11.4 Å². The van der Waals surface area contributed by atoms with E-state index >= 15 is 0 Å². The largest absolute Gasteiger partial charge is 0.359 e. The lowest BCUT2D eigenvalue weighted by atomic mass is 10.2. The third kappa shape index (κ3) is 5.06. The minimum absolute atomic E-state index is 1.11. The molecule has 15 heavy (non-hydrogen) atoms. The summed E-state index contributed by atoms with van der Waals surface area (Å²) in [6, 6.07) is 10.1. The van der Waals surface area contributed by atoms with E-state index in [1.54, 1.807) is 0 Å². The van der Waals surface area contributed by atoms with Crippen molar-refractivity contribution in [3.63, 3.8) is 0 Å². The number of nitrogens with one attached hydrogen (secondary N) is 1. The van der Waals surface area contributed by atoms with Crippen LogP contribution in [0.5, 0.6) is 0 Å². The molecule has 1 nitrogen and oxygen atoms in total. The van der Waals surface area contributed by atoms with Crippen molar-refractivity contribution >= 4 is 5.69 Å². The zero-order valence-electron chi connectivity index (χ0n) is 10.2. The quantitative estimate of drug-likeness (QED) is 0.708. The summed E-state index contributed by atoms with van der Waals surface area (Å²) in [4.78, 5) is 0. The SMILES string of the molecule is C=C/C(C)=C(\C)Nc1ccccc1.CC. The predicted octanol–water partition coefficient (Wildman–Crippen LogP) is 4.60. The van der Waals surface area contributed by atoms with Crippen molar-refractivity contribution in [3.05, 3.63) is 54.3 Å². The summed E-state index contributed by atoms with van der Waals surface area (Å²) < 4.78 is 0. The second-order valence-electron chi connectivity index (χ2n) is 3.00. The first kappa shape index (κ1) is 13.5. The molecule has 0 aliphatic rings. The van der Waals surface area contributed by atoms with Crippen LogP contribution in [-0.2, 0) is 0 Å². The minimum atomic E-state index is 1.11. The Morgan fingerprint density at radius 3 is 2.13 bits per heavy atom. The standard InChI is InChI=1S/C12H15N.C2H6/c1-4-10(2)11(3)13-12-8-6-5-7-9-12;1-2/h4-9,13H,1H2,2-3H3;1-2H3/b11-10+;. The fourth-order valence-corrected chi connectivity index (χ4v) is 0.990. The summed E-state index contributed by atoms with van der Waals surface area (Å²) in [5.41, 5.74) is 3.42. The van der Waals surface area contributed by atoms with Crippen LogP contribution in [0.25, 0.3) is 0 Å². The van der Waals surface area contributed by atoms with Gasteiger partial charge in [-0.15, -0.1) is 0 Å². The molecule has 0 aliphatic carbocycles. The molecule has 0 aliphatic heterocycles. The van der Waals surface area contributed by atoms with Gasteiger partial charge in [0.25, 0.3) is 0 Å². The van der Waals surface area contributed by atoms with Crippen LogP contribution in [0.2, 0.25) is 0 Å². The summed E-state index contributed by atoms with van der Waals surface area (Å²) in [6.07, 6.45) is 1.85. The fraction of sp³-hybridized carbons (Fsp3) is 0.286. The lowest BCUT2D eigenvalue weighted by molar-refractivity contribution is 1.29. The van der Waals surface area contributed by atoms with Crippen molar-refractivity contribution in [2.75, 3.05) is 5.32 Å². The highest BCUT2D eigenvalue weighted by atomic mass is 14.9. The molecule has 0 unspecified atom stereocenters. The maximum Gasteiger partial charge on any atom is 0.0381 e. The molecule has 1 rings (SSSR count). The van der Waals surface area contributed by atoms with Crippen LogP contribution >= 0.6 is 0 Å². The second-order valence-corrected chi connectivity index (χ2v) is 3.00. The first-order valence-corrected chi connectivity index (χ1v) is 5.36. The van der Waals surface area contributed by atoms with Crippen LogP contribution in [0.4, 0.5) is 5.69 Å². The lowest BCUT2D eigenvalue weighted by Gasteiger charge is -2.07. The van der Waals surface area contributed by atoms with Gasteiger partial charge in [0.1, 0.15) is 0 Å². The van der Waals surface area contributed by atoms with Crippen LogP contribution in [0.1, 0.15) is 27.7 Å². The zero-order chi connectivity index (χ0) is 11.7. The van der Waals surface area contributed by atoms with Gasteiger partial charge in [-0.05, 0) is 31.6 Å². The molecule has 0 saturated carbocycles. The summed E-state index contributed by atoms with van der Waals surface area (Å²) in [5, 5.41) is 3.30. The van der Waals surface area contributed by atoms with Gasteiger partial charge in [-0.1, -0.05) is 44.7 Å². The average Bonchev–Trinajstić information content (AvgIpc) is 2.32. The molecule has 0 amide bonds. The van der Waals surface area contributed by atoms with Crippen LogP contribution in [-0.4, -0.2) is 0 Å². The number of anilines is 1. The van der Waals surface area contributed by atoms with E-state index in [2.05, 4.69) is 11.9 Å². The molecule has 0 bridgehead atoms. The number of hydrogen-bond donors (Lipinski definition) is 1. The summed E-state index contributed by atoms with van der Waals surface area (Å²) in [7, 11) is 0. The third-order valence-corrected chi connectivity index (χ3v) is 2.00. The molecule has 0 heterocycles. The Labute approximate surface area is 93.5 Å². The lowest BCUT2D eigenvalue weighted by Crippen LogP contribution is -1.96. The average molecular weight is 203 g/mol. The maximum atomic E-state index is 3.73. The first-order valence-electron chi connectivity index (χ1n) is 5.36. The Morgan fingerprint density at radius 1 is 1.13 bits per heavy atom. The van der Waals surface area contributed by atoms with Crippen LogP contribution in [0.3, 0.4) is 0 Å². The molecule has 1 heteroatoms. The topological polar surface area (TPSA) is 12.0 Å². The molecule has 0 saturated heterocycles. The monoisotopic (exact) mass is 203 g/mol. The summed E-state index contributed by atoms with van der Waals surface area (Å²) >= 11 is 0. The molecule has 0 fully saturated rings. The van der Waals surface area contributed by atoms with E-state index in [0.717, 1.165) is 11.4 Å². The van der Waals surface area contributed by atoms with E-state index < -0.39 is 0 Å². The normalized spacial score (nSPS) is 10.7. The molecule has 1 aromatic rings. The molecular weight excluding hydrogens is 182 g/mol. The predicted molar refractivity (Wildman–Crippen MR) is 70.0 cm³/mol. The Morgan fingerprint density at radius 2 is 1.67 bits per heavy atom. The van der Waals surface area contributed by atoms with Crippen molar-refractivity contribution in [1.82, 2.24) is 0 Å². The first-order chi connectivity index (χ1) is 7.24. The molecule has 1 aromatic carbocycles. The van der Waals surface area contributed by atoms with Crippen LogP contribution in [0.15, 0.2) is 54.3 Å². The van der Waals surface area contributed by atoms with E-state index in [0.29, 0.717) is 0 Å². The van der Waals surface area contributed by atoms with Crippen molar-refractivity contribution in [1.29, 1.82) is 0 Å². The Bertz CT molecular complexity index is 309. The van der Waals surface area contributed by atoms with Gasteiger partial charge >= 0.3 is 0 Å². The van der Waals surface area contributed by atoms with Gasteiger partial charge in [-0.25, -0.2) is 0 Å². The smallest absolute Gasteiger partial charge is 0.0381 e. The highest BCUT2D eigenvalue weighted by Gasteiger charge is 1.93. The van der Waals surface area contributed by atoms with Gasteiger partial charge in [-0.2, -0.15) is 0 Å². The van der Waals surface area contributed by atoms with Crippen molar-refractivity contribution in [3.8, 4) is 0 Å². The highest BCUT2D eigenvalue weighted by molar-refractivity contribution is 5.48. The molecule has 82 valence electrons. The van der Waals surface area contributed by atoms with Crippen molar-refractivity contribution < 1.29 is 0 Å². The van der Waals surface area contributed by atoms with Crippen molar-refractivity contribution in [2.45, 2.75) is 27.7 Å². The number of para-hydroxylation sites is 1. The fourth-order valence-electron chi connectivity index (χ4n) is 0.990. The van der Waals surface area contributed by atoms with Crippen LogP contribution in [0, 0.1) is 0 Å². The number of rotatable bonds is 3. The Hall–Kier alpha value is -1.50. The molecule has 0 atom stereocenters. The van der Waals surface area contributed by atoms with Crippen molar-refractivity contribution in [2.24, 2.45) is 0 Å². The maximum absolute atomic E-state index is 3.73. The van der Waals surface area contributed by atoms with E-state index in [1.165, 1.54) is 5.57 Å².